The van der Waals surface area contributed by atoms with Gasteiger partial charge in [-0.05, 0) is 30.3 Å². The van der Waals surface area contributed by atoms with Crippen molar-refractivity contribution in [1.29, 1.82) is 0 Å². The van der Waals surface area contributed by atoms with Gasteiger partial charge in [0.25, 0.3) is 5.91 Å². The lowest BCUT2D eigenvalue weighted by atomic mass is 10.0. The summed E-state index contributed by atoms with van der Waals surface area (Å²) in [6.45, 7) is 1.36. The van der Waals surface area contributed by atoms with Gasteiger partial charge in [0.05, 0.1) is 7.11 Å². The van der Waals surface area contributed by atoms with Gasteiger partial charge in [0.1, 0.15) is 5.75 Å². The lowest BCUT2D eigenvalue weighted by Gasteiger charge is -2.09. The zero-order chi connectivity index (χ0) is 10.8. The second-order valence-corrected chi connectivity index (χ2v) is 3.53. The predicted octanol–water partition coefficient (Wildman–Crippen LogP) is 1.08. The van der Waals surface area contributed by atoms with E-state index >= 15 is 0 Å². The lowest BCUT2D eigenvalue weighted by molar-refractivity contribution is 0.0965. The van der Waals surface area contributed by atoms with Gasteiger partial charge < -0.3 is 15.4 Å². The van der Waals surface area contributed by atoms with E-state index in [1.165, 1.54) is 0 Å². The summed E-state index contributed by atoms with van der Waals surface area (Å²) in [5, 5.41) is 5.90. The van der Waals surface area contributed by atoms with Crippen LogP contribution in [0.25, 0.3) is 0 Å². The van der Waals surface area contributed by atoms with Crippen molar-refractivity contribution in [3.8, 4) is 5.75 Å². The molecule has 0 fully saturated rings. The predicted molar refractivity (Wildman–Crippen MR) is 64.2 cm³/mol. The molecule has 5 heteroatoms. The number of halogens is 1. The molecule has 1 aliphatic heterocycles. The Morgan fingerprint density at radius 3 is 2.88 bits per heavy atom. The molecular weight excluding hydrogens is 228 g/mol. The summed E-state index contributed by atoms with van der Waals surface area (Å²) in [7, 11) is 3.49. The quantitative estimate of drug-likeness (QED) is 0.834. The minimum Gasteiger partial charge on any atom is -0.497 e. The molecule has 0 spiro atoms. The number of hydrogen-bond acceptors (Lipinski definition) is 3. The van der Waals surface area contributed by atoms with Gasteiger partial charge in [-0.3, -0.25) is 4.79 Å². The van der Waals surface area contributed by atoms with Crippen LogP contribution in [0, 0.1) is 0 Å². The van der Waals surface area contributed by atoms with Crippen molar-refractivity contribution in [1.82, 2.24) is 10.6 Å². The number of benzene rings is 1. The van der Waals surface area contributed by atoms with Crippen LogP contribution in [-0.2, 0) is 13.1 Å². The third-order valence-corrected chi connectivity index (χ3v) is 2.59. The molecule has 2 N–H and O–H groups in total. The van der Waals surface area contributed by atoms with Crippen LogP contribution in [0.4, 0.5) is 0 Å². The standard InChI is InChI=1S/C11H14N2O2.ClH/c1-12-5-7-3-8(15-2)4-9-10(7)6-13-11(9)14;/h3-4,12H,5-6H2,1-2H3,(H,13,14);1H. The van der Waals surface area contributed by atoms with Crippen molar-refractivity contribution in [3.63, 3.8) is 0 Å². The van der Waals surface area contributed by atoms with Crippen molar-refractivity contribution < 1.29 is 9.53 Å². The maximum atomic E-state index is 11.5. The summed E-state index contributed by atoms with van der Waals surface area (Å²) < 4.78 is 5.17. The molecule has 1 amide bonds. The Bertz CT molecular complexity index is 407. The van der Waals surface area contributed by atoms with E-state index in [1.54, 1.807) is 13.2 Å². The van der Waals surface area contributed by atoms with E-state index in [0.29, 0.717) is 6.54 Å². The number of nitrogens with one attached hydrogen (secondary N) is 2. The summed E-state index contributed by atoms with van der Waals surface area (Å²) in [6.07, 6.45) is 0. The molecule has 0 atom stereocenters. The Morgan fingerprint density at radius 1 is 1.50 bits per heavy atom. The van der Waals surface area contributed by atoms with E-state index in [4.69, 9.17) is 4.74 Å². The van der Waals surface area contributed by atoms with Gasteiger partial charge in [-0.25, -0.2) is 0 Å². The van der Waals surface area contributed by atoms with E-state index in [-0.39, 0.29) is 18.3 Å². The SMILES string of the molecule is CNCc1cc(OC)cc2c1CNC2=O.Cl. The molecule has 2 rings (SSSR count). The fourth-order valence-corrected chi connectivity index (χ4v) is 1.84. The third kappa shape index (κ3) is 2.13. The maximum absolute atomic E-state index is 11.5. The monoisotopic (exact) mass is 242 g/mol. The third-order valence-electron chi connectivity index (χ3n) is 2.59. The molecule has 0 saturated heterocycles. The van der Waals surface area contributed by atoms with Crippen LogP contribution >= 0.6 is 12.4 Å². The number of ether oxygens (including phenoxy) is 1. The fraction of sp³-hybridized carbons (Fsp3) is 0.364. The molecule has 0 aromatic heterocycles. The average molecular weight is 243 g/mol. The first-order valence-corrected chi connectivity index (χ1v) is 4.89. The van der Waals surface area contributed by atoms with Gasteiger partial charge in [0.15, 0.2) is 0 Å². The zero-order valence-corrected chi connectivity index (χ0v) is 10.1. The van der Waals surface area contributed by atoms with E-state index in [2.05, 4.69) is 10.6 Å². The maximum Gasteiger partial charge on any atom is 0.252 e. The minimum absolute atomic E-state index is 0. The van der Waals surface area contributed by atoms with Gasteiger partial charge in [-0.1, -0.05) is 0 Å². The highest BCUT2D eigenvalue weighted by atomic mass is 35.5. The van der Waals surface area contributed by atoms with Crippen molar-refractivity contribution >= 4 is 18.3 Å². The Kier molecular flexibility index (Phi) is 4.15. The topological polar surface area (TPSA) is 50.4 Å². The van der Waals surface area contributed by atoms with Crippen LogP contribution in [-0.4, -0.2) is 20.1 Å². The Balaban J connectivity index is 0.00000128. The molecule has 0 radical (unpaired) electrons. The van der Waals surface area contributed by atoms with Gasteiger partial charge in [-0.2, -0.15) is 0 Å². The van der Waals surface area contributed by atoms with E-state index in [1.807, 2.05) is 13.1 Å². The summed E-state index contributed by atoms with van der Waals surface area (Å²) >= 11 is 0. The van der Waals surface area contributed by atoms with Crippen molar-refractivity contribution in [2.75, 3.05) is 14.2 Å². The Hall–Kier alpha value is -1.26. The second kappa shape index (κ2) is 5.18. The normalized spacial score (nSPS) is 12.8. The van der Waals surface area contributed by atoms with Gasteiger partial charge in [-0.15, -0.1) is 12.4 Å². The van der Waals surface area contributed by atoms with E-state index < -0.39 is 0 Å². The van der Waals surface area contributed by atoms with Crippen molar-refractivity contribution in [2.24, 2.45) is 0 Å². The smallest absolute Gasteiger partial charge is 0.252 e. The molecule has 1 aliphatic rings. The van der Waals surface area contributed by atoms with E-state index in [9.17, 15) is 4.79 Å². The number of fused-ring (bicyclic) bond motifs is 1. The summed E-state index contributed by atoms with van der Waals surface area (Å²) in [4.78, 5) is 11.5. The highest BCUT2D eigenvalue weighted by Gasteiger charge is 2.22. The molecule has 1 aromatic rings. The molecule has 0 aliphatic carbocycles. The number of amides is 1. The summed E-state index contributed by atoms with van der Waals surface area (Å²) in [6, 6.07) is 3.76. The zero-order valence-electron chi connectivity index (χ0n) is 9.29. The molecule has 88 valence electrons. The van der Waals surface area contributed by atoms with Crippen molar-refractivity contribution in [3.05, 3.63) is 28.8 Å². The minimum atomic E-state index is -0.0127. The first kappa shape index (κ1) is 12.8. The van der Waals surface area contributed by atoms with Crippen LogP contribution in [0.15, 0.2) is 12.1 Å². The number of carbonyl (C=O) groups is 1. The van der Waals surface area contributed by atoms with Crippen LogP contribution in [0.5, 0.6) is 5.75 Å². The fourth-order valence-electron chi connectivity index (χ4n) is 1.84. The Morgan fingerprint density at radius 2 is 2.25 bits per heavy atom. The van der Waals surface area contributed by atoms with E-state index in [0.717, 1.165) is 29.0 Å². The number of hydrogen-bond donors (Lipinski definition) is 2. The van der Waals surface area contributed by atoms with Gasteiger partial charge in [0, 0.05) is 18.7 Å². The molecule has 1 heterocycles. The first-order chi connectivity index (χ1) is 7.26. The number of rotatable bonds is 3. The van der Waals surface area contributed by atoms with Crippen molar-refractivity contribution in [2.45, 2.75) is 13.1 Å². The molecule has 0 unspecified atom stereocenters. The highest BCUT2D eigenvalue weighted by molar-refractivity contribution is 5.99. The molecule has 0 bridgehead atoms. The van der Waals surface area contributed by atoms with Gasteiger partial charge in [0.2, 0.25) is 0 Å². The summed E-state index contributed by atoms with van der Waals surface area (Å²) in [5.41, 5.74) is 2.93. The first-order valence-electron chi connectivity index (χ1n) is 4.89. The number of methoxy groups -OCH3 is 1. The Labute approximate surface area is 101 Å². The molecule has 0 saturated carbocycles. The summed E-state index contributed by atoms with van der Waals surface area (Å²) in [5.74, 6) is 0.720. The average Bonchev–Trinajstić information content (AvgIpc) is 2.61. The largest absolute Gasteiger partial charge is 0.497 e. The molecule has 1 aromatic carbocycles. The second-order valence-electron chi connectivity index (χ2n) is 3.53. The molecule has 4 nitrogen and oxygen atoms in total. The van der Waals surface area contributed by atoms with Crippen LogP contribution in [0.3, 0.4) is 0 Å². The lowest BCUT2D eigenvalue weighted by Crippen LogP contribution is -2.12. The number of carbonyl (C=O) groups excluding carboxylic acids is 1. The van der Waals surface area contributed by atoms with Gasteiger partial charge >= 0.3 is 0 Å². The van der Waals surface area contributed by atoms with Crippen LogP contribution in [0.2, 0.25) is 0 Å². The van der Waals surface area contributed by atoms with Crippen LogP contribution < -0.4 is 15.4 Å². The van der Waals surface area contributed by atoms with Crippen LogP contribution in [0.1, 0.15) is 21.5 Å². The molecular formula is C11H15ClN2O2. The molecule has 16 heavy (non-hydrogen) atoms. The highest BCUT2D eigenvalue weighted by Crippen LogP contribution is 2.26.